The molecule has 1 heterocycles. The van der Waals surface area contributed by atoms with Gasteiger partial charge in [-0.25, -0.2) is 0 Å². The van der Waals surface area contributed by atoms with Gasteiger partial charge < -0.3 is 19.4 Å². The van der Waals surface area contributed by atoms with E-state index in [1.165, 1.54) is 33.3 Å². The molecule has 0 radical (unpaired) electrons. The van der Waals surface area contributed by atoms with Crippen molar-refractivity contribution in [2.45, 2.75) is 12.8 Å². The molecule has 0 spiro atoms. The molecule has 1 aromatic heterocycles. The second kappa shape index (κ2) is 8.15. The summed E-state index contributed by atoms with van der Waals surface area (Å²) in [5.41, 5.74) is 7.27. The highest BCUT2D eigenvalue weighted by atomic mass is 16.5. The van der Waals surface area contributed by atoms with Gasteiger partial charge in [0.15, 0.2) is 0 Å². The number of nitrogens with zero attached hydrogens (tertiary/aromatic N) is 1. The molecule has 30 heavy (non-hydrogen) atoms. The molecule has 4 nitrogen and oxygen atoms in total. The molecule has 0 aliphatic carbocycles. The van der Waals surface area contributed by atoms with E-state index in [-0.39, 0.29) is 5.92 Å². The van der Waals surface area contributed by atoms with Crippen LogP contribution in [0.25, 0.3) is 10.9 Å². The molecule has 0 unspecified atom stereocenters. The summed E-state index contributed by atoms with van der Waals surface area (Å²) in [6.07, 6.45) is 0. The smallest absolute Gasteiger partial charge is 0.119 e. The lowest BCUT2D eigenvalue weighted by molar-refractivity contribution is 0.414. The van der Waals surface area contributed by atoms with Crippen molar-refractivity contribution < 1.29 is 9.47 Å². The fourth-order valence-electron chi connectivity index (χ4n) is 4.35. The van der Waals surface area contributed by atoms with Crippen molar-refractivity contribution in [3.8, 4) is 11.5 Å². The number of anilines is 1. The molecule has 1 N–H and O–H groups in total. The van der Waals surface area contributed by atoms with Gasteiger partial charge in [-0.2, -0.15) is 0 Å². The predicted molar refractivity (Wildman–Crippen MR) is 124 cm³/mol. The van der Waals surface area contributed by atoms with E-state index in [1.54, 1.807) is 14.2 Å². The fourth-order valence-corrected chi connectivity index (χ4v) is 4.35. The van der Waals surface area contributed by atoms with Crippen LogP contribution in [0.15, 0.2) is 66.7 Å². The van der Waals surface area contributed by atoms with Crippen molar-refractivity contribution in [1.29, 1.82) is 0 Å². The van der Waals surface area contributed by atoms with Crippen LogP contribution in [0.5, 0.6) is 11.5 Å². The van der Waals surface area contributed by atoms with Crippen molar-refractivity contribution in [2.75, 3.05) is 26.6 Å². The Kier molecular flexibility index (Phi) is 5.40. The van der Waals surface area contributed by atoms with E-state index < -0.39 is 0 Å². The van der Waals surface area contributed by atoms with Gasteiger partial charge in [-0.15, -0.1) is 0 Å². The Balaban J connectivity index is 2.05. The van der Waals surface area contributed by atoms with E-state index in [9.17, 15) is 0 Å². The lowest BCUT2D eigenvalue weighted by atomic mass is 9.82. The standard InChI is InChI=1S/C26H28N2O2/c1-17-25(21-8-6-7-9-24(21)28(17)3)26(18-10-12-19(29-4)13-11-18)22-16-20(30-5)14-15-23(22)27-2/h6-16,26-27H,1-5H3/t26-/m0/s1. The van der Waals surface area contributed by atoms with Crippen LogP contribution in [0.3, 0.4) is 0 Å². The second-order valence-electron chi connectivity index (χ2n) is 7.48. The Labute approximate surface area is 178 Å². The first kappa shape index (κ1) is 19.9. The summed E-state index contributed by atoms with van der Waals surface area (Å²) in [5, 5.41) is 4.64. The largest absolute Gasteiger partial charge is 0.497 e. The van der Waals surface area contributed by atoms with E-state index in [0.29, 0.717) is 0 Å². The van der Waals surface area contributed by atoms with Crippen LogP contribution < -0.4 is 14.8 Å². The molecule has 154 valence electrons. The first-order chi connectivity index (χ1) is 14.6. The van der Waals surface area contributed by atoms with Crippen LogP contribution >= 0.6 is 0 Å². The Morgan fingerprint density at radius 2 is 1.53 bits per heavy atom. The summed E-state index contributed by atoms with van der Waals surface area (Å²) in [7, 11) is 7.51. The molecule has 0 aliphatic rings. The van der Waals surface area contributed by atoms with Gasteiger partial charge in [0.05, 0.1) is 14.2 Å². The molecular formula is C26H28N2O2. The third kappa shape index (κ3) is 3.28. The van der Waals surface area contributed by atoms with E-state index in [2.05, 4.69) is 72.4 Å². The van der Waals surface area contributed by atoms with E-state index in [4.69, 9.17) is 9.47 Å². The number of methoxy groups -OCH3 is 2. The van der Waals surface area contributed by atoms with Crippen LogP contribution in [0, 0.1) is 6.92 Å². The SMILES string of the molecule is CNc1ccc(OC)cc1[C@H](c1ccc(OC)cc1)c1c(C)n(C)c2ccccc12. The maximum atomic E-state index is 5.58. The van der Waals surface area contributed by atoms with Gasteiger partial charge in [-0.1, -0.05) is 30.3 Å². The Morgan fingerprint density at radius 3 is 2.20 bits per heavy atom. The quantitative estimate of drug-likeness (QED) is 0.449. The van der Waals surface area contributed by atoms with E-state index >= 15 is 0 Å². The number of aryl methyl sites for hydroxylation is 1. The maximum Gasteiger partial charge on any atom is 0.119 e. The summed E-state index contributed by atoms with van der Waals surface area (Å²) in [4.78, 5) is 0. The maximum absolute atomic E-state index is 5.58. The molecule has 0 aliphatic heterocycles. The van der Waals surface area contributed by atoms with Gasteiger partial charge in [0.2, 0.25) is 0 Å². The molecule has 1 atom stereocenters. The number of hydrogen-bond acceptors (Lipinski definition) is 3. The Hall–Kier alpha value is -3.40. The highest BCUT2D eigenvalue weighted by Gasteiger charge is 2.26. The molecule has 0 fully saturated rings. The molecular weight excluding hydrogens is 372 g/mol. The Morgan fingerprint density at radius 1 is 0.867 bits per heavy atom. The van der Waals surface area contributed by atoms with Crippen molar-refractivity contribution in [3.63, 3.8) is 0 Å². The number of benzene rings is 3. The number of hydrogen-bond donors (Lipinski definition) is 1. The highest BCUT2D eigenvalue weighted by Crippen LogP contribution is 2.43. The predicted octanol–water partition coefficient (Wildman–Crippen LogP) is 5.73. The number of rotatable bonds is 6. The molecule has 4 rings (SSSR count). The zero-order valence-electron chi connectivity index (χ0n) is 18.2. The monoisotopic (exact) mass is 400 g/mol. The van der Waals surface area contributed by atoms with Crippen LogP contribution in [-0.2, 0) is 7.05 Å². The number of fused-ring (bicyclic) bond motifs is 1. The minimum atomic E-state index is 0.0413. The summed E-state index contributed by atoms with van der Waals surface area (Å²) in [6, 6.07) is 23.2. The summed E-state index contributed by atoms with van der Waals surface area (Å²) >= 11 is 0. The summed E-state index contributed by atoms with van der Waals surface area (Å²) in [6.45, 7) is 2.20. The van der Waals surface area contributed by atoms with Crippen LogP contribution in [0.1, 0.15) is 28.3 Å². The van der Waals surface area contributed by atoms with Crippen molar-refractivity contribution in [1.82, 2.24) is 4.57 Å². The van der Waals surface area contributed by atoms with Crippen LogP contribution in [-0.4, -0.2) is 25.8 Å². The van der Waals surface area contributed by atoms with Crippen molar-refractivity contribution in [2.24, 2.45) is 7.05 Å². The van der Waals surface area contributed by atoms with Gasteiger partial charge in [0.25, 0.3) is 0 Å². The number of para-hydroxylation sites is 1. The summed E-state index contributed by atoms with van der Waals surface area (Å²) < 4.78 is 13.3. The average molecular weight is 401 g/mol. The van der Waals surface area contributed by atoms with E-state index in [1.807, 2.05) is 25.2 Å². The third-order valence-corrected chi connectivity index (χ3v) is 6.03. The average Bonchev–Trinajstić information content (AvgIpc) is 3.05. The minimum absolute atomic E-state index is 0.0413. The van der Waals surface area contributed by atoms with E-state index in [0.717, 1.165) is 17.2 Å². The topological polar surface area (TPSA) is 35.4 Å². The van der Waals surface area contributed by atoms with Crippen molar-refractivity contribution >= 4 is 16.6 Å². The molecule has 0 saturated carbocycles. The molecule has 4 heteroatoms. The number of aromatic nitrogens is 1. The van der Waals surface area contributed by atoms with Gasteiger partial charge in [0, 0.05) is 42.3 Å². The third-order valence-electron chi connectivity index (χ3n) is 6.03. The normalized spacial score (nSPS) is 12.0. The van der Waals surface area contributed by atoms with Gasteiger partial charge in [0.1, 0.15) is 11.5 Å². The van der Waals surface area contributed by atoms with Gasteiger partial charge in [-0.05, 0) is 60.0 Å². The van der Waals surface area contributed by atoms with Crippen LogP contribution in [0.4, 0.5) is 5.69 Å². The highest BCUT2D eigenvalue weighted by molar-refractivity contribution is 5.87. The minimum Gasteiger partial charge on any atom is -0.497 e. The number of ether oxygens (including phenoxy) is 2. The zero-order chi connectivity index (χ0) is 21.3. The second-order valence-corrected chi connectivity index (χ2v) is 7.48. The number of nitrogens with one attached hydrogen (secondary N) is 1. The molecule has 0 saturated heterocycles. The summed E-state index contributed by atoms with van der Waals surface area (Å²) in [5.74, 6) is 1.74. The molecule has 0 amide bonds. The first-order valence-electron chi connectivity index (χ1n) is 10.1. The first-order valence-corrected chi connectivity index (χ1v) is 10.1. The van der Waals surface area contributed by atoms with Gasteiger partial charge in [-0.3, -0.25) is 0 Å². The Bertz CT molecular complexity index is 1180. The zero-order valence-corrected chi connectivity index (χ0v) is 18.2. The lowest BCUT2D eigenvalue weighted by Gasteiger charge is -2.23. The van der Waals surface area contributed by atoms with Crippen molar-refractivity contribution in [3.05, 3.63) is 89.1 Å². The fraction of sp³-hybridized carbons (Fsp3) is 0.231. The molecule has 3 aromatic carbocycles. The molecule has 4 aromatic rings. The lowest BCUT2D eigenvalue weighted by Crippen LogP contribution is -2.09. The van der Waals surface area contributed by atoms with Crippen LogP contribution in [0.2, 0.25) is 0 Å². The van der Waals surface area contributed by atoms with Gasteiger partial charge >= 0.3 is 0 Å². The molecule has 0 bridgehead atoms.